The summed E-state index contributed by atoms with van der Waals surface area (Å²) in [6.45, 7) is 3.60. The zero-order valence-corrected chi connectivity index (χ0v) is 21.9. The average Bonchev–Trinajstić information content (AvgIpc) is 3.36. The smallest absolute Gasteiger partial charge is 0.327 e. The summed E-state index contributed by atoms with van der Waals surface area (Å²) in [6, 6.07) is 15.4. The molecule has 1 aliphatic heterocycles. The van der Waals surface area contributed by atoms with Gasteiger partial charge in [-0.25, -0.2) is 9.07 Å². The molecule has 0 aliphatic carbocycles. The van der Waals surface area contributed by atoms with Gasteiger partial charge in [0.25, 0.3) is 11.6 Å². The van der Waals surface area contributed by atoms with E-state index in [9.17, 15) is 19.1 Å². The van der Waals surface area contributed by atoms with Gasteiger partial charge >= 0.3 is 5.91 Å². The van der Waals surface area contributed by atoms with Crippen molar-refractivity contribution in [1.29, 1.82) is 0 Å². The number of nitrogens with zero attached hydrogens (tertiary/aromatic N) is 4. The minimum Gasteiger partial charge on any atom is -0.858 e. The highest BCUT2D eigenvalue weighted by Gasteiger charge is 2.46. The Kier molecular flexibility index (Phi) is 6.77. The van der Waals surface area contributed by atoms with Crippen LogP contribution in [0.5, 0.6) is 5.88 Å². The lowest BCUT2D eigenvalue weighted by Gasteiger charge is -2.16. The number of carbonyl (C=O) groups excluding carboxylic acids is 2. The first-order valence-corrected chi connectivity index (χ1v) is 12.5. The summed E-state index contributed by atoms with van der Waals surface area (Å²) in [5.74, 6) is -2.48. The van der Waals surface area contributed by atoms with Crippen LogP contribution in [0, 0.1) is 5.82 Å². The molecule has 4 aromatic rings. The molecule has 7 nitrogen and oxygen atoms in total. The van der Waals surface area contributed by atoms with Crippen LogP contribution in [-0.2, 0) is 16.1 Å². The Labute approximate surface area is 228 Å². The third-order valence-electron chi connectivity index (χ3n) is 6.19. The van der Waals surface area contributed by atoms with Crippen molar-refractivity contribution in [2.24, 2.45) is 0 Å². The number of benzene rings is 2. The summed E-state index contributed by atoms with van der Waals surface area (Å²) in [5.41, 5.74) is 1.31. The van der Waals surface area contributed by atoms with Crippen molar-refractivity contribution in [1.82, 2.24) is 14.7 Å². The Morgan fingerprint density at radius 3 is 2.29 bits per heavy atom. The number of pyridine rings is 1. The molecule has 0 saturated heterocycles. The first-order valence-electron chi connectivity index (χ1n) is 11.7. The zero-order chi connectivity index (χ0) is 27.1. The highest BCUT2D eigenvalue weighted by molar-refractivity contribution is 6.45. The Morgan fingerprint density at radius 1 is 0.974 bits per heavy atom. The number of imide groups is 1. The normalized spacial score (nSPS) is 13.8. The van der Waals surface area contributed by atoms with Crippen LogP contribution < -0.4 is 9.67 Å². The summed E-state index contributed by atoms with van der Waals surface area (Å²) in [4.78, 5) is 28.7. The van der Waals surface area contributed by atoms with E-state index < -0.39 is 23.5 Å². The lowest BCUT2D eigenvalue weighted by Crippen LogP contribution is -2.39. The van der Waals surface area contributed by atoms with Crippen molar-refractivity contribution < 1.29 is 23.7 Å². The van der Waals surface area contributed by atoms with Crippen molar-refractivity contribution in [2.45, 2.75) is 26.3 Å². The zero-order valence-electron chi connectivity index (χ0n) is 20.4. The van der Waals surface area contributed by atoms with E-state index in [2.05, 4.69) is 5.10 Å². The van der Waals surface area contributed by atoms with Crippen LogP contribution in [-0.4, -0.2) is 26.5 Å². The van der Waals surface area contributed by atoms with Gasteiger partial charge in [-0.1, -0.05) is 55.2 Å². The molecule has 1 aliphatic rings. The van der Waals surface area contributed by atoms with E-state index in [0.717, 1.165) is 9.58 Å². The number of hydrogen-bond acceptors (Lipinski definition) is 4. The second-order valence-electron chi connectivity index (χ2n) is 9.06. The molecule has 2 aromatic heterocycles. The fraction of sp³-hybridized carbons (Fsp3) is 0.143. The van der Waals surface area contributed by atoms with Crippen LogP contribution in [0.15, 0.2) is 73.1 Å². The van der Waals surface area contributed by atoms with Gasteiger partial charge in [0, 0.05) is 17.7 Å². The molecule has 0 saturated carbocycles. The van der Waals surface area contributed by atoms with Gasteiger partial charge in [0.15, 0.2) is 12.4 Å². The Morgan fingerprint density at radius 2 is 1.66 bits per heavy atom. The molecular weight excluding hydrogens is 530 g/mol. The fourth-order valence-electron chi connectivity index (χ4n) is 4.34. The molecule has 0 atom stereocenters. The highest BCUT2D eigenvalue weighted by atomic mass is 35.5. The average molecular weight is 551 g/mol. The maximum Gasteiger partial charge on any atom is 0.327 e. The third-order valence-corrected chi connectivity index (χ3v) is 6.93. The van der Waals surface area contributed by atoms with E-state index in [1.54, 1.807) is 42.7 Å². The quantitative estimate of drug-likeness (QED) is 0.256. The molecule has 0 radical (unpaired) electrons. The first kappa shape index (κ1) is 25.6. The van der Waals surface area contributed by atoms with E-state index in [-0.39, 0.29) is 34.3 Å². The van der Waals surface area contributed by atoms with Crippen molar-refractivity contribution in [3.05, 3.63) is 106 Å². The van der Waals surface area contributed by atoms with E-state index in [0.29, 0.717) is 22.0 Å². The van der Waals surface area contributed by atoms with Crippen molar-refractivity contribution >= 4 is 46.3 Å². The number of amides is 2. The van der Waals surface area contributed by atoms with Gasteiger partial charge in [-0.15, -0.1) is 0 Å². The Balaban J connectivity index is 1.71. The van der Waals surface area contributed by atoms with E-state index in [4.69, 9.17) is 23.2 Å². The number of hydrogen-bond donors (Lipinski definition) is 0. The first-order chi connectivity index (χ1) is 18.2. The maximum absolute atomic E-state index is 13.9. The molecule has 10 heteroatoms. The number of aromatic nitrogens is 3. The molecule has 5 rings (SSSR count). The largest absolute Gasteiger partial charge is 0.858 e. The summed E-state index contributed by atoms with van der Waals surface area (Å²) >= 11 is 12.2. The molecule has 0 fully saturated rings. The van der Waals surface area contributed by atoms with E-state index in [1.807, 2.05) is 13.8 Å². The molecule has 0 bridgehead atoms. The predicted molar refractivity (Wildman–Crippen MR) is 139 cm³/mol. The van der Waals surface area contributed by atoms with Gasteiger partial charge in [-0.3, -0.25) is 14.5 Å². The summed E-state index contributed by atoms with van der Waals surface area (Å²) in [5, 5.41) is 19.0. The van der Waals surface area contributed by atoms with Gasteiger partial charge in [0.1, 0.15) is 11.4 Å². The van der Waals surface area contributed by atoms with Crippen LogP contribution in [0.4, 0.5) is 4.39 Å². The molecule has 0 spiro atoms. The van der Waals surface area contributed by atoms with Gasteiger partial charge < -0.3 is 5.11 Å². The highest BCUT2D eigenvalue weighted by Crippen LogP contribution is 2.40. The van der Waals surface area contributed by atoms with Crippen LogP contribution >= 0.6 is 23.2 Å². The van der Waals surface area contributed by atoms with Crippen molar-refractivity contribution in [3.63, 3.8) is 0 Å². The Bertz CT molecular complexity index is 1600. The number of halogens is 3. The molecule has 3 heterocycles. The van der Waals surface area contributed by atoms with Crippen molar-refractivity contribution in [2.75, 3.05) is 0 Å². The standard InChI is InChI=1S/C28H21Cl2FN4O3/c1-16(2)24-22(27(37)35(32-24)19-10-11-20(29)21(30)14-19)23-25(33-12-4-3-5-13-33)28(38)34(26(23)36)15-17-6-8-18(31)9-7-17/h3-14,16H,15H2,1-2H3. The van der Waals surface area contributed by atoms with Gasteiger partial charge in [0.2, 0.25) is 0 Å². The molecule has 192 valence electrons. The second-order valence-corrected chi connectivity index (χ2v) is 9.87. The van der Waals surface area contributed by atoms with Crippen LogP contribution in [0.25, 0.3) is 17.0 Å². The number of carbonyl (C=O) groups is 2. The minimum absolute atomic E-state index is 0.0328. The topological polar surface area (TPSA) is 82.1 Å². The molecule has 2 amide bonds. The molecular formula is C28H21Cl2FN4O3. The van der Waals surface area contributed by atoms with Crippen LogP contribution in [0.2, 0.25) is 10.0 Å². The minimum atomic E-state index is -0.640. The predicted octanol–water partition coefficient (Wildman–Crippen LogP) is 4.74. The van der Waals surface area contributed by atoms with Crippen LogP contribution in [0.3, 0.4) is 0 Å². The molecule has 0 N–H and O–H groups in total. The van der Waals surface area contributed by atoms with E-state index >= 15 is 0 Å². The van der Waals surface area contributed by atoms with Crippen LogP contribution in [0.1, 0.15) is 36.6 Å². The summed E-state index contributed by atoms with van der Waals surface area (Å²) in [7, 11) is 0. The SMILES string of the molecule is CC(C)c1nn(-c2ccc(Cl)c(Cl)c2)c([O-])c1C1=C([n+]2ccccc2)C(=O)N(Cc2ccc(F)cc2)C1=O. The van der Waals surface area contributed by atoms with Gasteiger partial charge in [-0.05, 0) is 47.7 Å². The van der Waals surface area contributed by atoms with Gasteiger partial charge in [0.05, 0.1) is 28.0 Å². The maximum atomic E-state index is 13.9. The monoisotopic (exact) mass is 550 g/mol. The van der Waals surface area contributed by atoms with Crippen molar-refractivity contribution in [3.8, 4) is 11.6 Å². The molecule has 0 unspecified atom stereocenters. The third kappa shape index (κ3) is 4.46. The summed E-state index contributed by atoms with van der Waals surface area (Å²) < 4.78 is 16.1. The molecule has 38 heavy (non-hydrogen) atoms. The molecule has 2 aromatic carbocycles. The van der Waals surface area contributed by atoms with Gasteiger partial charge in [-0.2, -0.15) is 9.67 Å². The second kappa shape index (κ2) is 10.0. The Hall–Kier alpha value is -4.01. The lowest BCUT2D eigenvalue weighted by atomic mass is 9.98. The number of rotatable bonds is 6. The lowest BCUT2D eigenvalue weighted by molar-refractivity contribution is -0.576. The fourth-order valence-corrected chi connectivity index (χ4v) is 4.63. The summed E-state index contributed by atoms with van der Waals surface area (Å²) in [6.07, 6.45) is 3.26. The van der Waals surface area contributed by atoms with E-state index in [1.165, 1.54) is 34.9 Å².